The lowest BCUT2D eigenvalue weighted by Gasteiger charge is -2.05. The Kier molecular flexibility index (Phi) is 3.21. The SMILES string of the molecule is Cn1cc(S(=O)(=O)Nc2ccc(C(=O)O)nc2)cn1. The van der Waals surface area contributed by atoms with Crippen LogP contribution in [-0.4, -0.2) is 34.3 Å². The average Bonchev–Trinajstić information content (AvgIpc) is 2.77. The minimum absolute atomic E-state index is 0.0114. The van der Waals surface area contributed by atoms with Gasteiger partial charge in [0.05, 0.1) is 18.1 Å². The zero-order chi connectivity index (χ0) is 14.0. The van der Waals surface area contributed by atoms with Gasteiger partial charge in [0.2, 0.25) is 0 Å². The van der Waals surface area contributed by atoms with E-state index < -0.39 is 16.0 Å². The first-order valence-corrected chi connectivity index (χ1v) is 6.57. The zero-order valence-electron chi connectivity index (χ0n) is 9.81. The maximum absolute atomic E-state index is 11.9. The number of carbonyl (C=O) groups is 1. The average molecular weight is 282 g/mol. The highest BCUT2D eigenvalue weighted by atomic mass is 32.2. The van der Waals surface area contributed by atoms with E-state index in [0.717, 1.165) is 6.20 Å². The van der Waals surface area contributed by atoms with Crippen molar-refractivity contribution in [3.63, 3.8) is 0 Å². The molecular formula is C10H10N4O4S. The fraction of sp³-hybridized carbons (Fsp3) is 0.100. The molecule has 8 nitrogen and oxygen atoms in total. The number of rotatable bonds is 4. The second-order valence-electron chi connectivity index (χ2n) is 3.69. The van der Waals surface area contributed by atoms with Gasteiger partial charge in [-0.05, 0) is 12.1 Å². The van der Waals surface area contributed by atoms with Gasteiger partial charge in [-0.1, -0.05) is 0 Å². The fourth-order valence-corrected chi connectivity index (χ4v) is 2.36. The van der Waals surface area contributed by atoms with Crippen LogP contribution in [0.15, 0.2) is 35.6 Å². The van der Waals surface area contributed by atoms with Crippen LogP contribution in [-0.2, 0) is 17.1 Å². The van der Waals surface area contributed by atoms with E-state index in [9.17, 15) is 13.2 Å². The van der Waals surface area contributed by atoms with Crippen molar-refractivity contribution in [1.82, 2.24) is 14.8 Å². The molecule has 0 aliphatic heterocycles. The molecule has 0 unspecified atom stereocenters. The summed E-state index contributed by atoms with van der Waals surface area (Å²) in [4.78, 5) is 14.2. The molecule has 0 aliphatic rings. The third-order valence-corrected chi connectivity index (χ3v) is 3.56. The first-order valence-electron chi connectivity index (χ1n) is 5.09. The molecule has 0 aromatic carbocycles. The summed E-state index contributed by atoms with van der Waals surface area (Å²) < 4.78 is 27.5. The third kappa shape index (κ3) is 2.88. The topological polar surface area (TPSA) is 114 Å². The molecule has 2 heterocycles. The van der Waals surface area contributed by atoms with Crippen molar-refractivity contribution in [2.24, 2.45) is 7.05 Å². The number of pyridine rings is 1. The maximum Gasteiger partial charge on any atom is 0.354 e. The normalized spacial score (nSPS) is 11.2. The molecule has 0 radical (unpaired) electrons. The van der Waals surface area contributed by atoms with Crippen LogP contribution in [0.3, 0.4) is 0 Å². The van der Waals surface area contributed by atoms with E-state index in [1.165, 1.54) is 29.2 Å². The van der Waals surface area contributed by atoms with Crippen LogP contribution in [0.4, 0.5) is 5.69 Å². The number of nitrogens with one attached hydrogen (secondary N) is 1. The first-order chi connectivity index (χ1) is 8.88. The number of nitrogens with zero attached hydrogens (tertiary/aromatic N) is 3. The highest BCUT2D eigenvalue weighted by molar-refractivity contribution is 7.92. The van der Waals surface area contributed by atoms with Crippen molar-refractivity contribution < 1.29 is 18.3 Å². The summed E-state index contributed by atoms with van der Waals surface area (Å²) in [5, 5.41) is 12.4. The third-order valence-electron chi connectivity index (χ3n) is 2.23. The Balaban J connectivity index is 2.23. The fourth-order valence-electron chi connectivity index (χ4n) is 1.33. The van der Waals surface area contributed by atoms with Crippen molar-refractivity contribution in [1.29, 1.82) is 0 Å². The Morgan fingerprint density at radius 1 is 1.37 bits per heavy atom. The predicted octanol–water partition coefficient (Wildman–Crippen LogP) is 0.314. The smallest absolute Gasteiger partial charge is 0.354 e. The number of carboxylic acid groups (broad SMARTS) is 1. The molecule has 0 spiro atoms. The molecule has 0 saturated heterocycles. The number of aromatic carboxylic acids is 1. The number of aromatic nitrogens is 3. The number of anilines is 1. The van der Waals surface area contributed by atoms with Crippen LogP contribution < -0.4 is 4.72 Å². The highest BCUT2D eigenvalue weighted by Gasteiger charge is 2.16. The molecule has 0 amide bonds. The van der Waals surface area contributed by atoms with E-state index in [1.807, 2.05) is 0 Å². The minimum Gasteiger partial charge on any atom is -0.477 e. The summed E-state index contributed by atoms with van der Waals surface area (Å²) in [6.07, 6.45) is 3.69. The second-order valence-corrected chi connectivity index (χ2v) is 5.37. The summed E-state index contributed by atoms with van der Waals surface area (Å²) in [5.41, 5.74) is 0.0122. The van der Waals surface area contributed by atoms with Crippen LogP contribution >= 0.6 is 0 Å². The van der Waals surface area contributed by atoms with E-state index in [0.29, 0.717) is 0 Å². The Morgan fingerprint density at radius 2 is 2.11 bits per heavy atom. The summed E-state index contributed by atoms with van der Waals surface area (Å²) in [5.74, 6) is -1.18. The van der Waals surface area contributed by atoms with Crippen molar-refractivity contribution in [2.45, 2.75) is 4.90 Å². The van der Waals surface area contributed by atoms with Crippen molar-refractivity contribution >= 4 is 21.7 Å². The second kappa shape index (κ2) is 4.69. The van der Waals surface area contributed by atoms with Gasteiger partial charge in [0.15, 0.2) is 0 Å². The molecule has 9 heteroatoms. The maximum atomic E-state index is 11.9. The summed E-state index contributed by atoms with van der Waals surface area (Å²) in [7, 11) is -2.15. The molecule has 0 fully saturated rings. The lowest BCUT2D eigenvalue weighted by atomic mass is 10.3. The van der Waals surface area contributed by atoms with E-state index >= 15 is 0 Å². The number of carboxylic acids is 1. The van der Waals surface area contributed by atoms with Crippen LogP contribution in [0, 0.1) is 0 Å². The predicted molar refractivity (Wildman–Crippen MR) is 65.2 cm³/mol. The van der Waals surface area contributed by atoms with Crippen LogP contribution in [0.1, 0.15) is 10.5 Å². The molecule has 2 aromatic rings. The lowest BCUT2D eigenvalue weighted by molar-refractivity contribution is 0.0690. The Hall–Kier alpha value is -2.42. The number of hydrogen-bond acceptors (Lipinski definition) is 5. The lowest BCUT2D eigenvalue weighted by Crippen LogP contribution is -2.13. The highest BCUT2D eigenvalue weighted by Crippen LogP contribution is 2.14. The zero-order valence-corrected chi connectivity index (χ0v) is 10.6. The summed E-state index contributed by atoms with van der Waals surface area (Å²) >= 11 is 0. The molecule has 2 aromatic heterocycles. The van der Waals surface area contributed by atoms with Crippen molar-refractivity contribution in [3.05, 3.63) is 36.4 Å². The van der Waals surface area contributed by atoms with Gasteiger partial charge in [-0.15, -0.1) is 0 Å². The van der Waals surface area contributed by atoms with Gasteiger partial charge in [0.1, 0.15) is 10.6 Å². The number of aryl methyl sites for hydroxylation is 1. The van der Waals surface area contributed by atoms with Gasteiger partial charge in [-0.3, -0.25) is 9.40 Å². The monoisotopic (exact) mass is 282 g/mol. The molecule has 2 N–H and O–H groups in total. The van der Waals surface area contributed by atoms with Gasteiger partial charge in [0.25, 0.3) is 10.0 Å². The quantitative estimate of drug-likeness (QED) is 0.834. The summed E-state index contributed by atoms with van der Waals surface area (Å²) in [6, 6.07) is 2.54. The van der Waals surface area contributed by atoms with Crippen LogP contribution in [0.5, 0.6) is 0 Å². The van der Waals surface area contributed by atoms with E-state index in [-0.39, 0.29) is 16.3 Å². The van der Waals surface area contributed by atoms with Crippen LogP contribution in [0.25, 0.3) is 0 Å². The van der Waals surface area contributed by atoms with Crippen LogP contribution in [0.2, 0.25) is 0 Å². The first kappa shape index (κ1) is 13.0. The van der Waals surface area contributed by atoms with E-state index in [2.05, 4.69) is 14.8 Å². The Morgan fingerprint density at radius 3 is 2.58 bits per heavy atom. The van der Waals surface area contributed by atoms with Gasteiger partial charge >= 0.3 is 5.97 Å². The number of sulfonamides is 1. The summed E-state index contributed by atoms with van der Waals surface area (Å²) in [6.45, 7) is 0. The van der Waals surface area contributed by atoms with Gasteiger partial charge in [-0.2, -0.15) is 5.10 Å². The minimum atomic E-state index is -3.75. The molecule has 100 valence electrons. The Labute approximate surface area is 108 Å². The molecular weight excluding hydrogens is 272 g/mol. The van der Waals surface area contributed by atoms with E-state index in [4.69, 9.17) is 5.11 Å². The van der Waals surface area contributed by atoms with Gasteiger partial charge in [0, 0.05) is 13.2 Å². The number of hydrogen-bond donors (Lipinski definition) is 2. The molecule has 0 bridgehead atoms. The van der Waals surface area contributed by atoms with Crippen molar-refractivity contribution in [3.8, 4) is 0 Å². The van der Waals surface area contributed by atoms with Crippen molar-refractivity contribution in [2.75, 3.05) is 4.72 Å². The molecule has 0 aliphatic carbocycles. The molecule has 0 atom stereocenters. The van der Waals surface area contributed by atoms with Gasteiger partial charge < -0.3 is 5.11 Å². The molecule has 0 saturated carbocycles. The standard InChI is InChI=1S/C10H10N4O4S/c1-14-6-8(5-12-14)19(17,18)13-7-2-3-9(10(15)16)11-4-7/h2-6,13H,1H3,(H,15,16). The Bertz CT molecular complexity index is 705. The van der Waals surface area contributed by atoms with Gasteiger partial charge in [-0.25, -0.2) is 18.2 Å². The largest absolute Gasteiger partial charge is 0.477 e. The molecule has 2 rings (SSSR count). The van der Waals surface area contributed by atoms with E-state index in [1.54, 1.807) is 7.05 Å². The molecule has 19 heavy (non-hydrogen) atoms.